The highest BCUT2D eigenvalue weighted by atomic mass is 16.5. The fourth-order valence-corrected chi connectivity index (χ4v) is 3.45. The van der Waals surface area contributed by atoms with Gasteiger partial charge < -0.3 is 10.1 Å². The fraction of sp³-hybridized carbons (Fsp3) is 0.647. The molecule has 1 aromatic carbocycles. The molecule has 19 heavy (non-hydrogen) atoms. The highest BCUT2D eigenvalue weighted by Gasteiger charge is 2.20. The maximum Gasteiger partial charge on any atom is 0.0619 e. The normalized spacial score (nSPS) is 26.9. The standard InChI is InChI=1S/C17H25NO/c1-2-10-17-14(6-1)7-5-8-15(17)12-19-13-16-9-3-4-11-18-16/h1-2,6,10,15-16,18H,3-5,7-9,11-13H2. The molecule has 0 aromatic heterocycles. The number of piperidine rings is 1. The van der Waals surface area contributed by atoms with Crippen LogP contribution in [-0.2, 0) is 11.2 Å². The molecular formula is C17H25NO. The number of ether oxygens (including phenoxy) is 1. The maximum atomic E-state index is 6.01. The van der Waals surface area contributed by atoms with E-state index < -0.39 is 0 Å². The summed E-state index contributed by atoms with van der Waals surface area (Å²) in [6, 6.07) is 9.49. The first kappa shape index (κ1) is 13.1. The molecule has 0 spiro atoms. The van der Waals surface area contributed by atoms with Crippen LogP contribution >= 0.6 is 0 Å². The SMILES string of the molecule is c1ccc2c(c1)CCCC2COCC1CCCCN1. The van der Waals surface area contributed by atoms with Crippen molar-refractivity contribution in [2.75, 3.05) is 19.8 Å². The van der Waals surface area contributed by atoms with Crippen LogP contribution in [0, 0.1) is 0 Å². The minimum absolute atomic E-state index is 0.590. The molecule has 0 radical (unpaired) electrons. The Bertz CT molecular complexity index is 398. The summed E-state index contributed by atoms with van der Waals surface area (Å²) in [7, 11) is 0. The third-order valence-electron chi connectivity index (χ3n) is 4.54. The van der Waals surface area contributed by atoms with Crippen molar-refractivity contribution in [2.45, 2.75) is 50.5 Å². The van der Waals surface area contributed by atoms with Crippen molar-refractivity contribution in [3.8, 4) is 0 Å². The van der Waals surface area contributed by atoms with E-state index in [2.05, 4.69) is 29.6 Å². The van der Waals surface area contributed by atoms with Gasteiger partial charge >= 0.3 is 0 Å². The van der Waals surface area contributed by atoms with E-state index in [1.54, 1.807) is 0 Å². The molecule has 1 heterocycles. The maximum absolute atomic E-state index is 6.01. The van der Waals surface area contributed by atoms with Gasteiger partial charge in [-0.15, -0.1) is 0 Å². The third kappa shape index (κ3) is 3.37. The predicted molar refractivity (Wildman–Crippen MR) is 78.6 cm³/mol. The van der Waals surface area contributed by atoms with E-state index in [9.17, 15) is 0 Å². The molecule has 2 heteroatoms. The summed E-state index contributed by atoms with van der Waals surface area (Å²) in [5.41, 5.74) is 3.07. The van der Waals surface area contributed by atoms with Gasteiger partial charge in [-0.25, -0.2) is 0 Å². The number of hydrogen-bond acceptors (Lipinski definition) is 2. The average molecular weight is 259 g/mol. The van der Waals surface area contributed by atoms with Gasteiger partial charge in [0.1, 0.15) is 0 Å². The molecular weight excluding hydrogens is 234 g/mol. The average Bonchev–Trinajstić information content (AvgIpc) is 2.49. The minimum atomic E-state index is 0.590. The molecule has 1 aliphatic heterocycles. The van der Waals surface area contributed by atoms with Crippen molar-refractivity contribution >= 4 is 0 Å². The fourth-order valence-electron chi connectivity index (χ4n) is 3.45. The van der Waals surface area contributed by atoms with Crippen LogP contribution < -0.4 is 5.32 Å². The number of rotatable bonds is 4. The van der Waals surface area contributed by atoms with Crippen LogP contribution in [0.3, 0.4) is 0 Å². The molecule has 1 N–H and O–H groups in total. The lowest BCUT2D eigenvalue weighted by molar-refractivity contribution is 0.0883. The Morgan fingerprint density at radius 2 is 2.00 bits per heavy atom. The number of aryl methyl sites for hydroxylation is 1. The van der Waals surface area contributed by atoms with Gasteiger partial charge in [-0.05, 0) is 49.8 Å². The van der Waals surface area contributed by atoms with Gasteiger partial charge in [-0.1, -0.05) is 30.7 Å². The molecule has 0 amide bonds. The van der Waals surface area contributed by atoms with E-state index in [1.807, 2.05) is 0 Å². The second-order valence-electron chi connectivity index (χ2n) is 5.97. The van der Waals surface area contributed by atoms with Crippen LogP contribution in [0.2, 0.25) is 0 Å². The Kier molecular flexibility index (Phi) is 4.52. The molecule has 1 saturated heterocycles. The quantitative estimate of drug-likeness (QED) is 0.896. The zero-order valence-electron chi connectivity index (χ0n) is 11.7. The van der Waals surface area contributed by atoms with Crippen LogP contribution in [0.25, 0.3) is 0 Å². The van der Waals surface area contributed by atoms with E-state index in [1.165, 1.54) is 56.2 Å². The van der Waals surface area contributed by atoms with Gasteiger partial charge in [0.15, 0.2) is 0 Å². The van der Waals surface area contributed by atoms with Gasteiger partial charge in [0.05, 0.1) is 13.2 Å². The number of fused-ring (bicyclic) bond motifs is 1. The second-order valence-corrected chi connectivity index (χ2v) is 5.97. The predicted octanol–water partition coefficient (Wildman–Crippen LogP) is 3.27. The Morgan fingerprint density at radius 1 is 1.05 bits per heavy atom. The zero-order chi connectivity index (χ0) is 12.9. The highest BCUT2D eigenvalue weighted by molar-refractivity contribution is 5.32. The van der Waals surface area contributed by atoms with E-state index in [0.717, 1.165) is 13.2 Å². The summed E-state index contributed by atoms with van der Waals surface area (Å²) in [6.07, 6.45) is 7.81. The van der Waals surface area contributed by atoms with Gasteiger partial charge in [-0.3, -0.25) is 0 Å². The van der Waals surface area contributed by atoms with Crippen LogP contribution in [0.5, 0.6) is 0 Å². The van der Waals surface area contributed by atoms with Gasteiger partial charge in [0.2, 0.25) is 0 Å². The molecule has 1 aromatic rings. The molecule has 2 atom stereocenters. The van der Waals surface area contributed by atoms with Crippen molar-refractivity contribution in [3.05, 3.63) is 35.4 Å². The van der Waals surface area contributed by atoms with E-state index >= 15 is 0 Å². The van der Waals surface area contributed by atoms with E-state index in [-0.39, 0.29) is 0 Å². The Labute approximate surface area is 116 Å². The largest absolute Gasteiger partial charge is 0.379 e. The van der Waals surface area contributed by atoms with E-state index in [0.29, 0.717) is 12.0 Å². The summed E-state index contributed by atoms with van der Waals surface area (Å²) in [4.78, 5) is 0. The molecule has 2 nitrogen and oxygen atoms in total. The summed E-state index contributed by atoms with van der Waals surface area (Å²) in [5, 5.41) is 3.55. The van der Waals surface area contributed by atoms with Crippen LogP contribution in [0.1, 0.15) is 49.1 Å². The van der Waals surface area contributed by atoms with Crippen LogP contribution in [-0.4, -0.2) is 25.8 Å². The lowest BCUT2D eigenvalue weighted by Gasteiger charge is -2.27. The molecule has 2 unspecified atom stereocenters. The monoisotopic (exact) mass is 259 g/mol. The highest BCUT2D eigenvalue weighted by Crippen LogP contribution is 2.31. The number of hydrogen-bond donors (Lipinski definition) is 1. The van der Waals surface area contributed by atoms with Crippen molar-refractivity contribution in [1.82, 2.24) is 5.32 Å². The number of benzene rings is 1. The molecule has 0 saturated carbocycles. The molecule has 1 fully saturated rings. The molecule has 1 aliphatic carbocycles. The van der Waals surface area contributed by atoms with Crippen LogP contribution in [0.4, 0.5) is 0 Å². The van der Waals surface area contributed by atoms with Crippen LogP contribution in [0.15, 0.2) is 24.3 Å². The first-order valence-corrected chi connectivity index (χ1v) is 7.82. The molecule has 3 rings (SSSR count). The summed E-state index contributed by atoms with van der Waals surface area (Å²) < 4.78 is 6.01. The van der Waals surface area contributed by atoms with Gasteiger partial charge in [0, 0.05) is 12.0 Å². The van der Waals surface area contributed by atoms with Crippen molar-refractivity contribution in [1.29, 1.82) is 0 Å². The van der Waals surface area contributed by atoms with Crippen molar-refractivity contribution < 1.29 is 4.74 Å². The summed E-state index contributed by atoms with van der Waals surface area (Å²) >= 11 is 0. The molecule has 104 valence electrons. The second kappa shape index (κ2) is 6.53. The van der Waals surface area contributed by atoms with Gasteiger partial charge in [-0.2, -0.15) is 0 Å². The first-order valence-electron chi connectivity index (χ1n) is 7.82. The summed E-state index contributed by atoms with van der Waals surface area (Å²) in [5.74, 6) is 0.619. The smallest absolute Gasteiger partial charge is 0.0619 e. The first-order chi connectivity index (χ1) is 9.43. The summed E-state index contributed by atoms with van der Waals surface area (Å²) in [6.45, 7) is 2.95. The Morgan fingerprint density at radius 3 is 2.89 bits per heavy atom. The topological polar surface area (TPSA) is 21.3 Å². The lowest BCUT2D eigenvalue weighted by atomic mass is 9.83. The molecule has 2 aliphatic rings. The molecule has 0 bridgehead atoms. The van der Waals surface area contributed by atoms with Crippen molar-refractivity contribution in [3.63, 3.8) is 0 Å². The third-order valence-corrected chi connectivity index (χ3v) is 4.54. The van der Waals surface area contributed by atoms with E-state index in [4.69, 9.17) is 4.74 Å². The van der Waals surface area contributed by atoms with Crippen molar-refractivity contribution in [2.24, 2.45) is 0 Å². The Hall–Kier alpha value is -0.860. The minimum Gasteiger partial charge on any atom is -0.379 e. The lowest BCUT2D eigenvalue weighted by Crippen LogP contribution is -2.38. The van der Waals surface area contributed by atoms with Gasteiger partial charge in [0.25, 0.3) is 0 Å². The Balaban J connectivity index is 1.50. The number of nitrogens with one attached hydrogen (secondary N) is 1. The zero-order valence-corrected chi connectivity index (χ0v) is 11.7.